The molecule has 0 fully saturated rings. The minimum atomic E-state index is -4.59. The fourth-order valence-corrected chi connectivity index (χ4v) is 8.11. The van der Waals surface area contributed by atoms with Gasteiger partial charge in [-0.3, -0.25) is 9.36 Å². The Bertz CT molecular complexity index is 1020. The number of aliphatic hydroxyl groups excluding tert-OH is 1. The molecule has 0 aromatic carbocycles. The van der Waals surface area contributed by atoms with Crippen molar-refractivity contribution in [2.24, 2.45) is 0 Å². The molecule has 0 heterocycles. The molecule has 59 heavy (non-hydrogen) atoms. The first kappa shape index (κ1) is 58.0. The van der Waals surface area contributed by atoms with Crippen LogP contribution in [0, 0.1) is 0 Å². The summed E-state index contributed by atoms with van der Waals surface area (Å²) in [6.45, 7) is 4.63. The van der Waals surface area contributed by atoms with E-state index in [1.165, 1.54) is 167 Å². The zero-order valence-electron chi connectivity index (χ0n) is 39.7. The maximum Gasteiger partial charge on any atom is 0.268 e. The molecule has 0 saturated carbocycles. The van der Waals surface area contributed by atoms with Crippen molar-refractivity contribution in [3.05, 3.63) is 24.3 Å². The van der Waals surface area contributed by atoms with E-state index < -0.39 is 20.0 Å². The van der Waals surface area contributed by atoms with Gasteiger partial charge in [0, 0.05) is 6.42 Å². The number of unbranched alkanes of at least 4 members (excludes halogenated alkanes) is 31. The summed E-state index contributed by atoms with van der Waals surface area (Å²) in [5.41, 5.74) is 0. The average Bonchev–Trinajstić information content (AvgIpc) is 3.19. The predicted molar refractivity (Wildman–Crippen MR) is 252 cm³/mol. The number of hydrogen-bond donors (Lipinski definition) is 2. The topological polar surface area (TPSA) is 108 Å². The summed E-state index contributed by atoms with van der Waals surface area (Å²) in [6.07, 6.45) is 51.0. The van der Waals surface area contributed by atoms with Gasteiger partial charge in [0.2, 0.25) is 5.91 Å². The number of carbonyl (C=O) groups excluding carboxylic acids is 1. The smallest absolute Gasteiger partial charge is 0.268 e. The maximum atomic E-state index is 12.8. The molecule has 3 atom stereocenters. The van der Waals surface area contributed by atoms with Gasteiger partial charge in [0.15, 0.2) is 0 Å². The maximum absolute atomic E-state index is 12.8. The molecule has 8 nitrogen and oxygen atoms in total. The van der Waals surface area contributed by atoms with Crippen LogP contribution in [0.1, 0.15) is 239 Å². The largest absolute Gasteiger partial charge is 0.756 e. The van der Waals surface area contributed by atoms with Gasteiger partial charge in [-0.25, -0.2) is 0 Å². The summed E-state index contributed by atoms with van der Waals surface area (Å²) >= 11 is 0. The van der Waals surface area contributed by atoms with Crippen LogP contribution in [0.3, 0.4) is 0 Å². The summed E-state index contributed by atoms with van der Waals surface area (Å²) in [6, 6.07) is -0.887. The van der Waals surface area contributed by atoms with E-state index in [1.807, 2.05) is 27.2 Å². The third kappa shape index (κ3) is 44.8. The zero-order chi connectivity index (χ0) is 43.6. The molecule has 0 radical (unpaired) electrons. The highest BCUT2D eigenvalue weighted by atomic mass is 31.2. The highest BCUT2D eigenvalue weighted by molar-refractivity contribution is 7.45. The number of nitrogens with zero attached hydrogens (tertiary/aromatic N) is 1. The van der Waals surface area contributed by atoms with Gasteiger partial charge in [0.25, 0.3) is 7.82 Å². The Hall–Kier alpha value is -1.02. The third-order valence-corrected chi connectivity index (χ3v) is 12.4. The normalized spacial score (nSPS) is 14.4. The van der Waals surface area contributed by atoms with Crippen LogP contribution in [0.15, 0.2) is 24.3 Å². The molecule has 0 aliphatic heterocycles. The molecule has 2 N–H and O–H groups in total. The minimum absolute atomic E-state index is 0.00142. The summed E-state index contributed by atoms with van der Waals surface area (Å²) in [5.74, 6) is -0.206. The van der Waals surface area contributed by atoms with Crippen molar-refractivity contribution >= 4 is 13.7 Å². The van der Waals surface area contributed by atoms with E-state index in [0.717, 1.165) is 51.4 Å². The van der Waals surface area contributed by atoms with E-state index in [1.54, 1.807) is 6.08 Å². The Morgan fingerprint density at radius 3 is 1.36 bits per heavy atom. The molecule has 0 aromatic rings. The van der Waals surface area contributed by atoms with E-state index in [2.05, 4.69) is 31.3 Å². The molecule has 0 bridgehead atoms. The number of phosphoric ester groups is 1. The molecule has 0 aromatic heterocycles. The molecular weight excluding hydrogens is 756 g/mol. The van der Waals surface area contributed by atoms with E-state index in [9.17, 15) is 19.4 Å². The van der Waals surface area contributed by atoms with E-state index >= 15 is 0 Å². The molecule has 0 rings (SSSR count). The fourth-order valence-electron chi connectivity index (χ4n) is 7.38. The van der Waals surface area contributed by atoms with Crippen molar-refractivity contribution < 1.29 is 32.9 Å². The molecule has 0 aliphatic carbocycles. The van der Waals surface area contributed by atoms with Crippen LogP contribution in [0.25, 0.3) is 0 Å². The SMILES string of the molecule is CCCCC/C=C\CCCCCCCC(=O)NC(COP(=O)([O-])OCC[N+](C)(C)C)C(O)/C=C/CCCCCCCCCCCCCCCCCCCCCCCCC. The van der Waals surface area contributed by atoms with Crippen molar-refractivity contribution in [1.82, 2.24) is 5.32 Å². The Morgan fingerprint density at radius 2 is 0.932 bits per heavy atom. The molecule has 350 valence electrons. The van der Waals surface area contributed by atoms with Gasteiger partial charge in [-0.05, 0) is 44.9 Å². The second kappa shape index (κ2) is 42.3. The van der Waals surface area contributed by atoms with Crippen molar-refractivity contribution in [3.63, 3.8) is 0 Å². The predicted octanol–water partition coefficient (Wildman–Crippen LogP) is 13.8. The Kier molecular flexibility index (Phi) is 41.6. The van der Waals surface area contributed by atoms with Crippen LogP contribution < -0.4 is 10.2 Å². The molecule has 9 heteroatoms. The van der Waals surface area contributed by atoms with Gasteiger partial charge in [0.05, 0.1) is 39.9 Å². The Morgan fingerprint density at radius 1 is 0.576 bits per heavy atom. The number of quaternary nitrogens is 1. The quantitative estimate of drug-likeness (QED) is 0.0273. The zero-order valence-corrected chi connectivity index (χ0v) is 40.6. The number of nitrogens with one attached hydrogen (secondary N) is 1. The van der Waals surface area contributed by atoms with Gasteiger partial charge >= 0.3 is 0 Å². The lowest BCUT2D eigenvalue weighted by Crippen LogP contribution is -2.45. The summed E-state index contributed by atoms with van der Waals surface area (Å²) in [4.78, 5) is 25.3. The second-order valence-electron chi connectivity index (χ2n) is 18.5. The van der Waals surface area contributed by atoms with E-state index in [-0.39, 0.29) is 19.1 Å². The number of phosphoric acid groups is 1. The van der Waals surface area contributed by atoms with Crippen LogP contribution in [-0.2, 0) is 18.4 Å². The summed E-state index contributed by atoms with van der Waals surface area (Å²) in [7, 11) is 1.26. The Labute approximate surface area is 366 Å². The highest BCUT2D eigenvalue weighted by Gasteiger charge is 2.23. The Balaban J connectivity index is 4.21. The van der Waals surface area contributed by atoms with E-state index in [0.29, 0.717) is 17.4 Å². The number of likely N-dealkylation sites (N-methyl/N-ethyl adjacent to an activating group) is 1. The van der Waals surface area contributed by atoms with Crippen LogP contribution in [-0.4, -0.2) is 68.5 Å². The van der Waals surface area contributed by atoms with Gasteiger partial charge in [-0.1, -0.05) is 212 Å². The van der Waals surface area contributed by atoms with Gasteiger partial charge < -0.3 is 28.8 Å². The molecular formula is C50H99N2O6P. The molecule has 0 spiro atoms. The molecule has 0 aliphatic rings. The first-order valence-electron chi connectivity index (χ1n) is 25.2. The number of amides is 1. The van der Waals surface area contributed by atoms with Crippen LogP contribution >= 0.6 is 7.82 Å². The lowest BCUT2D eigenvalue weighted by atomic mass is 10.0. The monoisotopic (exact) mass is 855 g/mol. The lowest BCUT2D eigenvalue weighted by molar-refractivity contribution is -0.870. The fraction of sp³-hybridized carbons (Fsp3) is 0.900. The van der Waals surface area contributed by atoms with Crippen LogP contribution in [0.2, 0.25) is 0 Å². The number of rotatable bonds is 46. The van der Waals surface area contributed by atoms with Crippen molar-refractivity contribution in [2.75, 3.05) is 40.9 Å². The number of aliphatic hydroxyl groups is 1. The summed E-state index contributed by atoms with van der Waals surface area (Å²) < 4.78 is 23.2. The van der Waals surface area contributed by atoms with Gasteiger partial charge in [0.1, 0.15) is 13.2 Å². The minimum Gasteiger partial charge on any atom is -0.756 e. The van der Waals surface area contributed by atoms with Gasteiger partial charge in [-0.15, -0.1) is 0 Å². The first-order valence-corrected chi connectivity index (χ1v) is 26.7. The first-order chi connectivity index (χ1) is 28.5. The number of allylic oxidation sites excluding steroid dienone is 3. The third-order valence-electron chi connectivity index (χ3n) is 11.4. The van der Waals surface area contributed by atoms with E-state index in [4.69, 9.17) is 9.05 Å². The number of carbonyl (C=O) groups is 1. The van der Waals surface area contributed by atoms with Crippen molar-refractivity contribution in [1.29, 1.82) is 0 Å². The van der Waals surface area contributed by atoms with Gasteiger partial charge in [-0.2, -0.15) is 0 Å². The molecule has 1 amide bonds. The highest BCUT2D eigenvalue weighted by Crippen LogP contribution is 2.38. The molecule has 3 unspecified atom stereocenters. The lowest BCUT2D eigenvalue weighted by Gasteiger charge is -2.29. The standard InChI is InChI=1S/C50H99N2O6P/c1-6-8-10-12-14-16-18-20-21-22-23-24-25-26-27-28-29-30-31-32-33-35-37-39-41-43-49(53)48(47-58-59(55,56)57-46-45-52(3,4)5)51-50(54)44-42-40-38-36-34-19-17-15-13-11-9-7-2/h15,17,41,43,48-49,53H,6-14,16,18-40,42,44-47H2,1-5H3,(H-,51,54,55,56)/b17-15-,43-41+. The van der Waals surface area contributed by atoms with Crippen LogP contribution in [0.4, 0.5) is 0 Å². The number of hydrogen-bond acceptors (Lipinski definition) is 6. The van der Waals surface area contributed by atoms with Crippen molar-refractivity contribution in [3.8, 4) is 0 Å². The second-order valence-corrected chi connectivity index (χ2v) is 19.9. The average molecular weight is 855 g/mol. The molecule has 0 saturated heterocycles. The van der Waals surface area contributed by atoms with Crippen LogP contribution in [0.5, 0.6) is 0 Å². The summed E-state index contributed by atoms with van der Waals surface area (Å²) in [5, 5.41) is 13.8. The van der Waals surface area contributed by atoms with Crippen molar-refractivity contribution in [2.45, 2.75) is 251 Å².